The van der Waals surface area contributed by atoms with Crippen molar-refractivity contribution < 1.29 is 18.3 Å². The van der Waals surface area contributed by atoms with Crippen molar-refractivity contribution in [1.82, 2.24) is 9.97 Å². The average molecular weight is 356 g/mol. The van der Waals surface area contributed by atoms with Gasteiger partial charge in [-0.15, -0.1) is 0 Å². The van der Waals surface area contributed by atoms with Crippen LogP contribution in [0.5, 0.6) is 5.88 Å². The summed E-state index contributed by atoms with van der Waals surface area (Å²) in [5, 5.41) is 4.98. The molecular formula is C18H14F2N4O2. The summed E-state index contributed by atoms with van der Waals surface area (Å²) >= 11 is 0. The third-order valence-corrected chi connectivity index (χ3v) is 3.27. The monoisotopic (exact) mass is 356 g/mol. The zero-order valence-corrected chi connectivity index (χ0v) is 13.4. The van der Waals surface area contributed by atoms with E-state index < -0.39 is 11.8 Å². The summed E-state index contributed by atoms with van der Waals surface area (Å²) in [4.78, 5) is 20.1. The van der Waals surface area contributed by atoms with Crippen molar-refractivity contribution in [2.45, 2.75) is 6.61 Å². The summed E-state index contributed by atoms with van der Waals surface area (Å²) in [5.74, 6) is -0.606. The van der Waals surface area contributed by atoms with Gasteiger partial charge in [-0.3, -0.25) is 5.32 Å². The third-order valence-electron chi connectivity index (χ3n) is 3.27. The SMILES string of the molecule is O=C(Nc1cccc(F)c1)Nc1nccnc1OCc1ccc(F)cc1. The molecule has 8 heteroatoms. The number of ether oxygens (including phenoxy) is 1. The number of rotatable bonds is 5. The average Bonchev–Trinajstić information content (AvgIpc) is 2.62. The second kappa shape index (κ2) is 8.02. The summed E-state index contributed by atoms with van der Waals surface area (Å²) in [6, 6.07) is 10.7. The van der Waals surface area contributed by atoms with Crippen LogP contribution in [0.4, 0.5) is 25.1 Å². The van der Waals surface area contributed by atoms with Crippen LogP contribution in [-0.2, 0) is 6.61 Å². The Bertz CT molecular complexity index is 904. The van der Waals surface area contributed by atoms with E-state index in [-0.39, 0.29) is 24.1 Å². The standard InChI is InChI=1S/C18H14F2N4O2/c19-13-6-4-12(5-7-13)11-26-17-16(21-8-9-22-17)24-18(25)23-15-3-1-2-14(20)10-15/h1-10H,11H2,(H2,21,23,24,25). The fourth-order valence-electron chi connectivity index (χ4n) is 2.09. The topological polar surface area (TPSA) is 76.1 Å². The van der Waals surface area contributed by atoms with E-state index >= 15 is 0 Å². The molecule has 2 aromatic carbocycles. The van der Waals surface area contributed by atoms with E-state index in [9.17, 15) is 13.6 Å². The van der Waals surface area contributed by atoms with Crippen molar-refractivity contribution in [1.29, 1.82) is 0 Å². The summed E-state index contributed by atoms with van der Waals surface area (Å²) in [7, 11) is 0. The van der Waals surface area contributed by atoms with Crippen LogP contribution in [0.1, 0.15) is 5.56 Å². The van der Waals surface area contributed by atoms with Crippen LogP contribution in [0.2, 0.25) is 0 Å². The van der Waals surface area contributed by atoms with Gasteiger partial charge in [-0.1, -0.05) is 18.2 Å². The highest BCUT2D eigenvalue weighted by Crippen LogP contribution is 2.19. The number of anilines is 2. The molecule has 0 bridgehead atoms. The summed E-state index contributed by atoms with van der Waals surface area (Å²) in [6.45, 7) is 0.124. The zero-order valence-electron chi connectivity index (χ0n) is 13.4. The maximum atomic E-state index is 13.2. The molecule has 3 aromatic rings. The predicted molar refractivity (Wildman–Crippen MR) is 91.8 cm³/mol. The molecule has 0 spiro atoms. The first-order valence-electron chi connectivity index (χ1n) is 7.62. The second-order valence-electron chi connectivity index (χ2n) is 5.21. The van der Waals surface area contributed by atoms with E-state index in [4.69, 9.17) is 4.74 Å². The van der Waals surface area contributed by atoms with Gasteiger partial charge in [0.25, 0.3) is 5.88 Å². The van der Waals surface area contributed by atoms with Gasteiger partial charge in [0.2, 0.25) is 0 Å². The Morgan fingerprint density at radius 3 is 2.50 bits per heavy atom. The number of hydrogen-bond donors (Lipinski definition) is 2. The zero-order chi connectivity index (χ0) is 18.4. The highest BCUT2D eigenvalue weighted by atomic mass is 19.1. The summed E-state index contributed by atoms with van der Waals surface area (Å²) in [6.07, 6.45) is 2.80. The lowest BCUT2D eigenvalue weighted by Gasteiger charge is -2.11. The normalized spacial score (nSPS) is 10.2. The molecule has 26 heavy (non-hydrogen) atoms. The second-order valence-corrected chi connectivity index (χ2v) is 5.21. The fourth-order valence-corrected chi connectivity index (χ4v) is 2.09. The molecule has 0 fully saturated rings. The molecule has 0 atom stereocenters. The van der Waals surface area contributed by atoms with Gasteiger partial charge in [-0.2, -0.15) is 0 Å². The number of nitrogens with zero attached hydrogens (tertiary/aromatic N) is 2. The Labute approximate surface area is 147 Å². The summed E-state index contributed by atoms with van der Waals surface area (Å²) < 4.78 is 31.6. The van der Waals surface area contributed by atoms with Gasteiger partial charge in [-0.05, 0) is 35.9 Å². The molecule has 0 unspecified atom stereocenters. The van der Waals surface area contributed by atoms with Gasteiger partial charge >= 0.3 is 6.03 Å². The van der Waals surface area contributed by atoms with Crippen molar-refractivity contribution in [3.8, 4) is 5.88 Å². The molecule has 1 aromatic heterocycles. The molecule has 2 amide bonds. The maximum absolute atomic E-state index is 13.2. The first-order chi connectivity index (χ1) is 12.6. The first-order valence-corrected chi connectivity index (χ1v) is 7.62. The molecule has 0 saturated heterocycles. The molecule has 1 heterocycles. The number of urea groups is 1. The quantitative estimate of drug-likeness (QED) is 0.725. The van der Waals surface area contributed by atoms with Crippen molar-refractivity contribution in [2.75, 3.05) is 10.6 Å². The van der Waals surface area contributed by atoms with E-state index in [0.29, 0.717) is 5.69 Å². The first kappa shape index (κ1) is 17.3. The molecule has 2 N–H and O–H groups in total. The predicted octanol–water partition coefficient (Wildman–Crippen LogP) is 3.98. The van der Waals surface area contributed by atoms with Crippen molar-refractivity contribution in [2.24, 2.45) is 0 Å². The number of nitrogens with one attached hydrogen (secondary N) is 2. The molecule has 0 aliphatic rings. The molecule has 3 rings (SSSR count). The fraction of sp³-hybridized carbons (Fsp3) is 0.0556. The third kappa shape index (κ3) is 4.73. The minimum atomic E-state index is -0.622. The molecular weight excluding hydrogens is 342 g/mol. The van der Waals surface area contributed by atoms with E-state index in [1.54, 1.807) is 18.2 Å². The number of amides is 2. The number of carbonyl (C=O) groups excluding carboxylic acids is 1. The van der Waals surface area contributed by atoms with Crippen molar-refractivity contribution in [3.63, 3.8) is 0 Å². The van der Waals surface area contributed by atoms with Gasteiger partial charge in [0, 0.05) is 18.1 Å². The molecule has 6 nitrogen and oxygen atoms in total. The Kier molecular flexibility index (Phi) is 5.33. The minimum Gasteiger partial charge on any atom is -0.470 e. The number of halogens is 2. The van der Waals surface area contributed by atoms with E-state index in [2.05, 4.69) is 20.6 Å². The van der Waals surface area contributed by atoms with Crippen LogP contribution in [0, 0.1) is 11.6 Å². The number of hydrogen-bond acceptors (Lipinski definition) is 4. The number of aromatic nitrogens is 2. The van der Waals surface area contributed by atoms with Crippen LogP contribution in [0.25, 0.3) is 0 Å². The number of benzene rings is 2. The molecule has 0 aliphatic carbocycles. The summed E-state index contributed by atoms with van der Waals surface area (Å²) in [5.41, 5.74) is 1.02. The smallest absolute Gasteiger partial charge is 0.325 e. The van der Waals surface area contributed by atoms with Gasteiger partial charge in [0.05, 0.1) is 0 Å². The molecule has 0 aliphatic heterocycles. The number of carbonyl (C=O) groups is 1. The van der Waals surface area contributed by atoms with Gasteiger partial charge in [0.1, 0.15) is 18.2 Å². The lowest BCUT2D eigenvalue weighted by Crippen LogP contribution is -2.21. The van der Waals surface area contributed by atoms with Gasteiger partial charge in [-0.25, -0.2) is 23.5 Å². The van der Waals surface area contributed by atoms with E-state index in [0.717, 1.165) is 5.56 Å². The van der Waals surface area contributed by atoms with Crippen LogP contribution >= 0.6 is 0 Å². The van der Waals surface area contributed by atoms with Crippen LogP contribution in [-0.4, -0.2) is 16.0 Å². The maximum Gasteiger partial charge on any atom is 0.325 e. The van der Waals surface area contributed by atoms with E-state index in [1.807, 2.05) is 0 Å². The van der Waals surface area contributed by atoms with Crippen LogP contribution in [0.3, 0.4) is 0 Å². The van der Waals surface area contributed by atoms with Crippen molar-refractivity contribution >= 4 is 17.5 Å². The van der Waals surface area contributed by atoms with Crippen LogP contribution < -0.4 is 15.4 Å². The van der Waals surface area contributed by atoms with Crippen LogP contribution in [0.15, 0.2) is 60.9 Å². The van der Waals surface area contributed by atoms with Gasteiger partial charge in [0.15, 0.2) is 5.82 Å². The Morgan fingerprint density at radius 2 is 1.73 bits per heavy atom. The Morgan fingerprint density at radius 1 is 0.962 bits per heavy atom. The minimum absolute atomic E-state index is 0.100. The molecule has 0 radical (unpaired) electrons. The highest BCUT2D eigenvalue weighted by Gasteiger charge is 2.11. The van der Waals surface area contributed by atoms with E-state index in [1.165, 1.54) is 42.7 Å². The molecule has 132 valence electrons. The Balaban J connectivity index is 1.64. The lowest BCUT2D eigenvalue weighted by molar-refractivity contribution is 0.261. The highest BCUT2D eigenvalue weighted by molar-refractivity contribution is 5.99. The van der Waals surface area contributed by atoms with Crippen molar-refractivity contribution in [3.05, 3.63) is 78.1 Å². The largest absolute Gasteiger partial charge is 0.470 e. The Hall–Kier alpha value is -3.55. The van der Waals surface area contributed by atoms with Gasteiger partial charge < -0.3 is 10.1 Å². The molecule has 0 saturated carbocycles. The lowest BCUT2D eigenvalue weighted by atomic mass is 10.2.